The van der Waals surface area contributed by atoms with Crippen molar-refractivity contribution in [2.75, 3.05) is 24.6 Å². The number of aliphatic hydroxyl groups is 1. The third-order valence-corrected chi connectivity index (χ3v) is 2.31. The van der Waals surface area contributed by atoms with Gasteiger partial charge in [-0.2, -0.15) is 0 Å². The minimum atomic E-state index is 0.140. The first kappa shape index (κ1) is 11.9. The van der Waals surface area contributed by atoms with E-state index >= 15 is 0 Å². The van der Waals surface area contributed by atoms with E-state index in [0.717, 1.165) is 23.6 Å². The number of aliphatic hydroxyl groups excluding tert-OH is 1. The fraction of sp³-hybridized carbons (Fsp3) is 0.545. The Hall–Kier alpha value is -1.13. The molecule has 0 amide bonds. The fourth-order valence-corrected chi connectivity index (χ4v) is 1.56. The van der Waals surface area contributed by atoms with Crippen LogP contribution in [0.5, 0.6) is 0 Å². The van der Waals surface area contributed by atoms with Crippen LogP contribution < -0.4 is 10.6 Å². The molecule has 84 valence electrons. The van der Waals surface area contributed by atoms with Crippen LogP contribution in [0.15, 0.2) is 12.1 Å². The van der Waals surface area contributed by atoms with Crippen molar-refractivity contribution in [2.24, 2.45) is 5.73 Å². The second kappa shape index (κ2) is 5.68. The molecule has 0 saturated carbocycles. The zero-order valence-electron chi connectivity index (χ0n) is 9.40. The molecule has 0 spiro atoms. The van der Waals surface area contributed by atoms with Crippen molar-refractivity contribution in [3.63, 3.8) is 0 Å². The van der Waals surface area contributed by atoms with Crippen LogP contribution in [0.25, 0.3) is 0 Å². The topological polar surface area (TPSA) is 62.4 Å². The zero-order valence-corrected chi connectivity index (χ0v) is 9.40. The van der Waals surface area contributed by atoms with Crippen LogP contribution in [0.4, 0.5) is 5.82 Å². The summed E-state index contributed by atoms with van der Waals surface area (Å²) in [4.78, 5) is 6.46. The first-order valence-electron chi connectivity index (χ1n) is 5.24. The number of aryl methyl sites for hydroxylation is 1. The Bertz CT molecular complexity index is 315. The fourth-order valence-electron chi connectivity index (χ4n) is 1.56. The summed E-state index contributed by atoms with van der Waals surface area (Å²) in [5.41, 5.74) is 7.65. The van der Waals surface area contributed by atoms with Gasteiger partial charge in [-0.25, -0.2) is 4.98 Å². The van der Waals surface area contributed by atoms with Gasteiger partial charge in [-0.15, -0.1) is 0 Å². The molecule has 4 nitrogen and oxygen atoms in total. The van der Waals surface area contributed by atoms with E-state index in [2.05, 4.69) is 4.98 Å². The largest absolute Gasteiger partial charge is 0.395 e. The average molecular weight is 209 g/mol. The molecular formula is C11H19N3O. The van der Waals surface area contributed by atoms with Crippen LogP contribution in [0, 0.1) is 6.92 Å². The molecule has 1 aromatic rings. The summed E-state index contributed by atoms with van der Waals surface area (Å²) in [6, 6.07) is 3.96. The Morgan fingerprint density at radius 2 is 2.20 bits per heavy atom. The standard InChI is InChI=1S/C11H19N3O/c1-3-14(4-5-15)11-7-10(8-12)6-9(2)13-11/h6-7,15H,3-5,8,12H2,1-2H3. The van der Waals surface area contributed by atoms with Gasteiger partial charge in [0, 0.05) is 25.3 Å². The summed E-state index contributed by atoms with van der Waals surface area (Å²) >= 11 is 0. The Labute approximate surface area is 90.7 Å². The number of likely N-dealkylation sites (N-methyl/N-ethyl adjacent to an activating group) is 1. The minimum absolute atomic E-state index is 0.140. The van der Waals surface area contributed by atoms with Gasteiger partial charge in [0.2, 0.25) is 0 Å². The van der Waals surface area contributed by atoms with Crippen LogP contribution in [0.1, 0.15) is 18.2 Å². The third-order valence-electron chi connectivity index (χ3n) is 2.31. The molecule has 4 heteroatoms. The second-order valence-electron chi connectivity index (χ2n) is 3.48. The van der Waals surface area contributed by atoms with E-state index in [-0.39, 0.29) is 6.61 Å². The van der Waals surface area contributed by atoms with Crippen molar-refractivity contribution in [1.82, 2.24) is 4.98 Å². The Balaban J connectivity index is 2.95. The highest BCUT2D eigenvalue weighted by Gasteiger charge is 2.06. The smallest absolute Gasteiger partial charge is 0.129 e. The quantitative estimate of drug-likeness (QED) is 0.748. The first-order chi connectivity index (χ1) is 7.21. The highest BCUT2D eigenvalue weighted by atomic mass is 16.3. The summed E-state index contributed by atoms with van der Waals surface area (Å²) in [6.07, 6.45) is 0. The van der Waals surface area contributed by atoms with E-state index in [1.807, 2.05) is 30.9 Å². The maximum atomic E-state index is 8.93. The highest BCUT2D eigenvalue weighted by Crippen LogP contribution is 2.14. The van der Waals surface area contributed by atoms with Crippen LogP contribution in [-0.2, 0) is 6.54 Å². The number of pyridine rings is 1. The summed E-state index contributed by atoms with van der Waals surface area (Å²) < 4.78 is 0. The lowest BCUT2D eigenvalue weighted by Crippen LogP contribution is -2.27. The second-order valence-corrected chi connectivity index (χ2v) is 3.48. The van der Waals surface area contributed by atoms with Gasteiger partial charge in [-0.3, -0.25) is 0 Å². The summed E-state index contributed by atoms with van der Waals surface area (Å²) in [5.74, 6) is 0.895. The van der Waals surface area contributed by atoms with Gasteiger partial charge in [0.25, 0.3) is 0 Å². The number of aromatic nitrogens is 1. The molecule has 0 aliphatic heterocycles. The van der Waals surface area contributed by atoms with Gasteiger partial charge in [0.15, 0.2) is 0 Å². The first-order valence-corrected chi connectivity index (χ1v) is 5.24. The Morgan fingerprint density at radius 1 is 1.47 bits per heavy atom. The Kier molecular flexibility index (Phi) is 4.52. The van der Waals surface area contributed by atoms with Crippen molar-refractivity contribution in [2.45, 2.75) is 20.4 Å². The van der Waals surface area contributed by atoms with Crippen LogP contribution >= 0.6 is 0 Å². The van der Waals surface area contributed by atoms with Crippen molar-refractivity contribution in [3.8, 4) is 0 Å². The maximum absolute atomic E-state index is 8.93. The molecule has 0 aromatic carbocycles. The van der Waals surface area contributed by atoms with Crippen LogP contribution in [-0.4, -0.2) is 29.8 Å². The molecule has 0 saturated heterocycles. The van der Waals surface area contributed by atoms with E-state index in [1.165, 1.54) is 0 Å². The lowest BCUT2D eigenvalue weighted by atomic mass is 10.2. The van der Waals surface area contributed by atoms with Gasteiger partial charge in [0.1, 0.15) is 5.82 Å². The van der Waals surface area contributed by atoms with Crippen molar-refractivity contribution < 1.29 is 5.11 Å². The van der Waals surface area contributed by atoms with Crippen molar-refractivity contribution in [3.05, 3.63) is 23.4 Å². The SMILES string of the molecule is CCN(CCO)c1cc(CN)cc(C)n1. The monoisotopic (exact) mass is 209 g/mol. The van der Waals surface area contributed by atoms with Gasteiger partial charge in [0.05, 0.1) is 6.61 Å². The lowest BCUT2D eigenvalue weighted by Gasteiger charge is -2.21. The molecule has 1 aromatic heterocycles. The number of nitrogens with zero attached hydrogens (tertiary/aromatic N) is 2. The number of hydrogen-bond donors (Lipinski definition) is 2. The predicted octanol–water partition coefficient (Wildman–Crippen LogP) is 0.667. The summed E-state index contributed by atoms with van der Waals surface area (Å²) in [5, 5.41) is 8.93. The minimum Gasteiger partial charge on any atom is -0.395 e. The van der Waals surface area contributed by atoms with Gasteiger partial charge < -0.3 is 15.7 Å². The third kappa shape index (κ3) is 3.18. The van der Waals surface area contributed by atoms with Crippen LogP contribution in [0.2, 0.25) is 0 Å². The molecule has 15 heavy (non-hydrogen) atoms. The van der Waals surface area contributed by atoms with Crippen molar-refractivity contribution >= 4 is 5.82 Å². The predicted molar refractivity (Wildman–Crippen MR) is 61.8 cm³/mol. The van der Waals surface area contributed by atoms with E-state index in [9.17, 15) is 0 Å². The molecule has 0 radical (unpaired) electrons. The normalized spacial score (nSPS) is 10.4. The summed E-state index contributed by atoms with van der Waals surface area (Å²) in [7, 11) is 0. The van der Waals surface area contributed by atoms with Gasteiger partial charge in [-0.1, -0.05) is 0 Å². The number of hydrogen-bond acceptors (Lipinski definition) is 4. The number of nitrogens with two attached hydrogens (primary N) is 1. The Morgan fingerprint density at radius 3 is 2.73 bits per heavy atom. The van der Waals surface area contributed by atoms with E-state index in [1.54, 1.807) is 0 Å². The highest BCUT2D eigenvalue weighted by molar-refractivity contribution is 5.42. The van der Waals surface area contributed by atoms with Crippen molar-refractivity contribution in [1.29, 1.82) is 0 Å². The number of anilines is 1. The summed E-state index contributed by atoms with van der Waals surface area (Å²) in [6.45, 7) is 6.10. The molecule has 0 unspecified atom stereocenters. The van der Waals surface area contributed by atoms with E-state index in [0.29, 0.717) is 13.1 Å². The maximum Gasteiger partial charge on any atom is 0.129 e. The molecule has 1 rings (SSSR count). The number of rotatable bonds is 5. The van der Waals surface area contributed by atoms with Crippen LogP contribution in [0.3, 0.4) is 0 Å². The molecule has 0 atom stereocenters. The zero-order chi connectivity index (χ0) is 11.3. The van der Waals surface area contributed by atoms with Gasteiger partial charge in [-0.05, 0) is 31.5 Å². The molecule has 0 aliphatic rings. The van der Waals surface area contributed by atoms with E-state index < -0.39 is 0 Å². The van der Waals surface area contributed by atoms with E-state index in [4.69, 9.17) is 10.8 Å². The van der Waals surface area contributed by atoms with Gasteiger partial charge >= 0.3 is 0 Å². The molecule has 3 N–H and O–H groups in total. The molecule has 0 bridgehead atoms. The average Bonchev–Trinajstić information content (AvgIpc) is 2.24. The molecule has 0 fully saturated rings. The molecule has 1 heterocycles. The lowest BCUT2D eigenvalue weighted by molar-refractivity contribution is 0.302. The molecular weight excluding hydrogens is 190 g/mol. The molecule has 0 aliphatic carbocycles.